The molecule has 0 spiro atoms. The van der Waals surface area contributed by atoms with E-state index in [9.17, 15) is 18.0 Å². The zero-order valence-corrected chi connectivity index (χ0v) is 15.8. The van der Waals surface area contributed by atoms with E-state index in [0.717, 1.165) is 11.3 Å². The Hall–Kier alpha value is -2.43. The van der Waals surface area contributed by atoms with Crippen LogP contribution in [0.4, 0.5) is 0 Å². The molecule has 2 aromatic rings. The minimum absolute atomic E-state index is 0.114. The van der Waals surface area contributed by atoms with Gasteiger partial charge in [-0.1, -0.05) is 6.07 Å². The minimum atomic E-state index is -3.63. The molecule has 0 unspecified atom stereocenters. The first kappa shape index (κ1) is 19.3. The van der Waals surface area contributed by atoms with E-state index in [4.69, 9.17) is 14.2 Å². The summed E-state index contributed by atoms with van der Waals surface area (Å²) < 4.78 is 42.0. The first-order valence-electron chi connectivity index (χ1n) is 8.07. The van der Waals surface area contributed by atoms with Gasteiger partial charge >= 0.3 is 5.97 Å². The first-order valence-corrected chi connectivity index (χ1v) is 10.4. The monoisotopic (exact) mass is 411 g/mol. The molecule has 0 amide bonds. The van der Waals surface area contributed by atoms with Crippen molar-refractivity contribution in [1.29, 1.82) is 0 Å². The quantitative estimate of drug-likeness (QED) is 0.519. The lowest BCUT2D eigenvalue weighted by Gasteiger charge is -2.18. The van der Waals surface area contributed by atoms with E-state index in [0.29, 0.717) is 30.3 Å². The third-order valence-electron chi connectivity index (χ3n) is 3.61. The van der Waals surface area contributed by atoms with Crippen LogP contribution in [0.1, 0.15) is 16.8 Å². The number of carbonyl (C=O) groups excluding carboxylic acids is 2. The molecule has 0 saturated heterocycles. The normalized spacial score (nSPS) is 13.2. The summed E-state index contributed by atoms with van der Waals surface area (Å²) in [4.78, 5) is 23.9. The summed E-state index contributed by atoms with van der Waals surface area (Å²) in [5.74, 6) is -0.0245. The number of Topliss-reactive ketones (excluding diaryl/α,β-unsaturated/α-hetero) is 1. The van der Waals surface area contributed by atoms with Crippen molar-refractivity contribution in [2.75, 3.05) is 26.4 Å². The summed E-state index contributed by atoms with van der Waals surface area (Å²) in [6.45, 7) is 0.308. The van der Waals surface area contributed by atoms with E-state index >= 15 is 0 Å². The molecular weight excluding hydrogens is 394 g/mol. The van der Waals surface area contributed by atoms with Gasteiger partial charge in [0.25, 0.3) is 0 Å². The van der Waals surface area contributed by atoms with Gasteiger partial charge in [-0.15, -0.1) is 11.3 Å². The molecule has 10 heteroatoms. The summed E-state index contributed by atoms with van der Waals surface area (Å²) in [5, 5.41) is 1.65. The van der Waals surface area contributed by atoms with E-state index < -0.39 is 22.6 Å². The first-order chi connectivity index (χ1) is 13.0. The van der Waals surface area contributed by atoms with Crippen molar-refractivity contribution in [2.45, 2.75) is 10.6 Å². The van der Waals surface area contributed by atoms with Crippen LogP contribution in [0.2, 0.25) is 0 Å². The molecule has 1 aliphatic rings. The number of carbonyl (C=O) groups is 2. The van der Waals surface area contributed by atoms with Gasteiger partial charge in [-0.3, -0.25) is 9.59 Å². The van der Waals surface area contributed by atoms with Crippen LogP contribution in [0.25, 0.3) is 0 Å². The molecule has 2 heterocycles. The maximum atomic E-state index is 12.1. The van der Waals surface area contributed by atoms with Gasteiger partial charge in [0.05, 0.1) is 6.42 Å². The summed E-state index contributed by atoms with van der Waals surface area (Å²) >= 11 is 1.08. The van der Waals surface area contributed by atoms with Crippen molar-refractivity contribution < 1.29 is 32.2 Å². The zero-order valence-electron chi connectivity index (χ0n) is 14.2. The Balaban J connectivity index is 1.44. The predicted molar refractivity (Wildman–Crippen MR) is 96.8 cm³/mol. The van der Waals surface area contributed by atoms with Gasteiger partial charge in [-0.25, -0.2) is 13.1 Å². The van der Waals surface area contributed by atoms with Crippen LogP contribution in [0.5, 0.6) is 11.5 Å². The third-order valence-corrected chi connectivity index (χ3v) is 6.47. The topological polar surface area (TPSA) is 108 Å². The molecule has 1 aromatic heterocycles. The van der Waals surface area contributed by atoms with Crippen LogP contribution in [0.3, 0.4) is 0 Å². The smallest absolute Gasteiger partial charge is 0.307 e. The number of fused-ring (bicyclic) bond motifs is 1. The minimum Gasteiger partial charge on any atom is -0.486 e. The number of hydrogen-bond donors (Lipinski definition) is 1. The van der Waals surface area contributed by atoms with Crippen molar-refractivity contribution in [3.8, 4) is 11.5 Å². The lowest BCUT2D eigenvalue weighted by atomic mass is 10.1. The van der Waals surface area contributed by atoms with E-state index in [1.54, 1.807) is 29.6 Å². The van der Waals surface area contributed by atoms with Crippen LogP contribution in [-0.2, 0) is 19.6 Å². The van der Waals surface area contributed by atoms with Crippen molar-refractivity contribution in [2.24, 2.45) is 0 Å². The van der Waals surface area contributed by atoms with Crippen molar-refractivity contribution in [3.05, 3.63) is 41.3 Å². The maximum absolute atomic E-state index is 12.1. The average Bonchev–Trinajstić information content (AvgIpc) is 3.21. The summed E-state index contributed by atoms with van der Waals surface area (Å²) in [6.07, 6.45) is -0.182. The van der Waals surface area contributed by atoms with E-state index in [1.165, 1.54) is 6.07 Å². The van der Waals surface area contributed by atoms with Crippen molar-refractivity contribution in [3.63, 3.8) is 0 Å². The Labute approximate surface area is 160 Å². The van der Waals surface area contributed by atoms with Gasteiger partial charge in [-0.2, -0.15) is 0 Å². The standard InChI is InChI=1S/C17H17NO7S2/c19-13(12-3-4-14-15(10-12)24-8-7-23-14)11-25-16(20)5-6-18-27(21,22)17-2-1-9-26-17/h1-4,9-10,18H,5-8,11H2. The zero-order chi connectivity index (χ0) is 19.3. The summed E-state index contributed by atoms with van der Waals surface area (Å²) in [5.41, 5.74) is 0.338. The molecule has 0 aliphatic carbocycles. The third kappa shape index (κ3) is 5.06. The highest BCUT2D eigenvalue weighted by molar-refractivity contribution is 7.91. The number of sulfonamides is 1. The maximum Gasteiger partial charge on any atom is 0.307 e. The Bertz CT molecular complexity index is 923. The van der Waals surface area contributed by atoms with Crippen molar-refractivity contribution in [1.82, 2.24) is 4.72 Å². The van der Waals surface area contributed by atoms with Crippen LogP contribution in [-0.4, -0.2) is 46.5 Å². The Kier molecular flexibility index (Phi) is 6.09. The highest BCUT2D eigenvalue weighted by Gasteiger charge is 2.17. The molecule has 3 rings (SSSR count). The van der Waals surface area contributed by atoms with Crippen molar-refractivity contribution >= 4 is 33.1 Å². The largest absolute Gasteiger partial charge is 0.486 e. The second kappa shape index (κ2) is 8.51. The lowest BCUT2D eigenvalue weighted by molar-refractivity contribution is -0.142. The predicted octanol–water partition coefficient (Wildman–Crippen LogP) is 1.61. The highest BCUT2D eigenvalue weighted by atomic mass is 32.2. The molecule has 0 saturated carbocycles. The summed E-state index contributed by atoms with van der Waals surface area (Å²) in [7, 11) is -3.63. The molecule has 0 radical (unpaired) electrons. The van der Waals surface area contributed by atoms with Crippen LogP contribution >= 0.6 is 11.3 Å². The highest BCUT2D eigenvalue weighted by Crippen LogP contribution is 2.30. The van der Waals surface area contributed by atoms with Crippen LogP contribution in [0, 0.1) is 0 Å². The van der Waals surface area contributed by atoms with Gasteiger partial charge in [0.1, 0.15) is 17.4 Å². The molecule has 0 bridgehead atoms. The van der Waals surface area contributed by atoms with Crippen LogP contribution in [0.15, 0.2) is 39.9 Å². The molecule has 8 nitrogen and oxygen atoms in total. The number of esters is 1. The second-order valence-electron chi connectivity index (χ2n) is 5.52. The second-order valence-corrected chi connectivity index (χ2v) is 8.46. The fourth-order valence-corrected chi connectivity index (χ4v) is 4.36. The van der Waals surface area contributed by atoms with E-state index in [-0.39, 0.29) is 23.0 Å². The molecule has 27 heavy (non-hydrogen) atoms. The number of rotatable bonds is 8. The number of benzene rings is 1. The number of hydrogen-bond acceptors (Lipinski definition) is 8. The van der Waals surface area contributed by atoms with Gasteiger partial charge < -0.3 is 14.2 Å². The Morgan fingerprint density at radius 3 is 2.67 bits per heavy atom. The number of ketones is 1. The summed E-state index contributed by atoms with van der Waals surface area (Å²) in [6, 6.07) is 7.83. The number of thiophene rings is 1. The Morgan fingerprint density at radius 2 is 1.93 bits per heavy atom. The molecule has 1 aliphatic heterocycles. The molecule has 1 aromatic carbocycles. The SMILES string of the molecule is O=C(CCNS(=O)(=O)c1cccs1)OCC(=O)c1ccc2c(c1)OCCO2. The Morgan fingerprint density at radius 1 is 1.15 bits per heavy atom. The molecular formula is C17H17NO7S2. The molecule has 0 fully saturated rings. The lowest BCUT2D eigenvalue weighted by Crippen LogP contribution is -2.26. The van der Waals surface area contributed by atoms with Gasteiger partial charge in [-0.05, 0) is 29.6 Å². The van der Waals surface area contributed by atoms with Gasteiger partial charge in [0.2, 0.25) is 10.0 Å². The fourth-order valence-electron chi connectivity index (χ4n) is 2.29. The van der Waals surface area contributed by atoms with E-state index in [1.807, 2.05) is 0 Å². The molecule has 1 N–H and O–H groups in total. The van der Waals surface area contributed by atoms with Gasteiger partial charge in [0.15, 0.2) is 23.9 Å². The molecule has 144 valence electrons. The van der Waals surface area contributed by atoms with Gasteiger partial charge in [0, 0.05) is 12.1 Å². The van der Waals surface area contributed by atoms with Crippen LogP contribution < -0.4 is 14.2 Å². The number of ether oxygens (including phenoxy) is 3. The number of nitrogens with one attached hydrogen (secondary N) is 1. The molecule has 0 atom stereocenters. The average molecular weight is 411 g/mol. The van der Waals surface area contributed by atoms with E-state index in [2.05, 4.69) is 4.72 Å². The fraction of sp³-hybridized carbons (Fsp3) is 0.294.